The molecule has 5 heteroatoms. The van der Waals surface area contributed by atoms with Crippen LogP contribution in [0.1, 0.15) is 41.8 Å². The number of aromatic nitrogens is 2. The lowest BCUT2D eigenvalue weighted by molar-refractivity contribution is 0.645. The van der Waals surface area contributed by atoms with E-state index in [9.17, 15) is 0 Å². The number of nitrogens with one attached hydrogen (secondary N) is 1. The molecule has 0 saturated carbocycles. The van der Waals surface area contributed by atoms with Crippen LogP contribution >= 0.6 is 11.5 Å². The van der Waals surface area contributed by atoms with Crippen LogP contribution in [0.3, 0.4) is 0 Å². The molecule has 0 amide bonds. The standard InChI is InChI=1S/C12H16N4S/c1-8(2)9-3-5-10(6-4-9)12(15-13)11-7-14-16-17-11/h3-8,12,15H,13H2,1-2H3. The van der Waals surface area contributed by atoms with Crippen molar-refractivity contribution in [3.63, 3.8) is 0 Å². The van der Waals surface area contributed by atoms with Gasteiger partial charge >= 0.3 is 0 Å². The summed E-state index contributed by atoms with van der Waals surface area (Å²) >= 11 is 1.36. The average Bonchev–Trinajstić information content (AvgIpc) is 2.84. The summed E-state index contributed by atoms with van der Waals surface area (Å²) in [5.41, 5.74) is 5.25. The molecule has 2 rings (SSSR count). The van der Waals surface area contributed by atoms with E-state index in [0.717, 1.165) is 10.4 Å². The summed E-state index contributed by atoms with van der Waals surface area (Å²) < 4.78 is 3.86. The van der Waals surface area contributed by atoms with Gasteiger partial charge in [0.1, 0.15) is 0 Å². The molecule has 1 aromatic carbocycles. The van der Waals surface area contributed by atoms with E-state index >= 15 is 0 Å². The average molecular weight is 248 g/mol. The molecule has 4 nitrogen and oxygen atoms in total. The van der Waals surface area contributed by atoms with Gasteiger partial charge in [-0.2, -0.15) is 0 Å². The number of nitrogens with zero attached hydrogens (tertiary/aromatic N) is 2. The summed E-state index contributed by atoms with van der Waals surface area (Å²) in [6.07, 6.45) is 1.74. The fourth-order valence-corrected chi connectivity index (χ4v) is 2.31. The Bertz CT molecular complexity index is 450. The zero-order valence-corrected chi connectivity index (χ0v) is 10.7. The summed E-state index contributed by atoms with van der Waals surface area (Å²) in [6, 6.07) is 8.44. The Morgan fingerprint density at radius 1 is 1.18 bits per heavy atom. The summed E-state index contributed by atoms with van der Waals surface area (Å²) in [4.78, 5) is 1.02. The lowest BCUT2D eigenvalue weighted by Crippen LogP contribution is -2.28. The number of rotatable bonds is 4. The molecule has 1 atom stereocenters. The molecule has 1 aromatic heterocycles. The van der Waals surface area contributed by atoms with Crippen molar-refractivity contribution in [1.82, 2.24) is 15.0 Å². The van der Waals surface area contributed by atoms with Gasteiger partial charge in [-0.3, -0.25) is 5.84 Å². The Morgan fingerprint density at radius 3 is 2.29 bits per heavy atom. The Balaban J connectivity index is 2.26. The van der Waals surface area contributed by atoms with Gasteiger partial charge in [0.15, 0.2) is 0 Å². The molecule has 0 fully saturated rings. The van der Waals surface area contributed by atoms with Crippen LogP contribution in [-0.4, -0.2) is 9.59 Å². The maximum absolute atomic E-state index is 5.59. The Morgan fingerprint density at radius 2 is 1.82 bits per heavy atom. The van der Waals surface area contributed by atoms with E-state index in [0.29, 0.717) is 5.92 Å². The molecule has 1 heterocycles. The molecular formula is C12H16N4S. The predicted octanol–water partition coefficient (Wildman–Crippen LogP) is 2.21. The molecule has 0 radical (unpaired) electrons. The van der Waals surface area contributed by atoms with Crippen molar-refractivity contribution in [1.29, 1.82) is 0 Å². The van der Waals surface area contributed by atoms with Crippen LogP contribution in [0.5, 0.6) is 0 Å². The van der Waals surface area contributed by atoms with E-state index < -0.39 is 0 Å². The van der Waals surface area contributed by atoms with Crippen LogP contribution in [0.2, 0.25) is 0 Å². The Kier molecular flexibility index (Phi) is 3.83. The number of nitrogens with two attached hydrogens (primary N) is 1. The lowest BCUT2D eigenvalue weighted by atomic mass is 9.99. The zero-order chi connectivity index (χ0) is 12.3. The Labute approximate surface area is 105 Å². The van der Waals surface area contributed by atoms with Crippen LogP contribution < -0.4 is 11.3 Å². The smallest absolute Gasteiger partial charge is 0.0834 e. The SMILES string of the molecule is CC(C)c1ccc(C(NN)c2cnns2)cc1. The highest BCUT2D eigenvalue weighted by atomic mass is 32.1. The van der Waals surface area contributed by atoms with Gasteiger partial charge in [-0.15, -0.1) is 5.10 Å². The molecule has 0 saturated heterocycles. The van der Waals surface area contributed by atoms with E-state index in [4.69, 9.17) is 5.84 Å². The largest absolute Gasteiger partial charge is 0.271 e. The van der Waals surface area contributed by atoms with E-state index in [1.807, 2.05) is 0 Å². The van der Waals surface area contributed by atoms with Crippen LogP contribution in [0.4, 0.5) is 0 Å². The fourth-order valence-electron chi connectivity index (χ4n) is 1.72. The first kappa shape index (κ1) is 12.2. The first-order valence-corrected chi connectivity index (χ1v) is 6.33. The van der Waals surface area contributed by atoms with Crippen molar-refractivity contribution in [2.24, 2.45) is 5.84 Å². The third-order valence-corrected chi connectivity index (χ3v) is 3.49. The maximum Gasteiger partial charge on any atom is 0.0834 e. The summed E-state index contributed by atoms with van der Waals surface area (Å²) in [7, 11) is 0. The van der Waals surface area contributed by atoms with Gasteiger partial charge < -0.3 is 0 Å². The van der Waals surface area contributed by atoms with Crippen molar-refractivity contribution in [2.75, 3.05) is 0 Å². The first-order valence-electron chi connectivity index (χ1n) is 5.55. The van der Waals surface area contributed by atoms with Crippen molar-refractivity contribution in [3.05, 3.63) is 46.5 Å². The van der Waals surface area contributed by atoms with Crippen molar-refractivity contribution in [3.8, 4) is 0 Å². The minimum absolute atomic E-state index is 0.0313. The normalized spacial score (nSPS) is 12.9. The highest BCUT2D eigenvalue weighted by Gasteiger charge is 2.14. The monoisotopic (exact) mass is 248 g/mol. The summed E-state index contributed by atoms with van der Waals surface area (Å²) in [5.74, 6) is 6.14. The van der Waals surface area contributed by atoms with E-state index in [1.54, 1.807) is 6.20 Å². The second-order valence-corrected chi connectivity index (χ2v) is 5.06. The van der Waals surface area contributed by atoms with Crippen LogP contribution in [-0.2, 0) is 0 Å². The van der Waals surface area contributed by atoms with Gasteiger partial charge in [0.2, 0.25) is 0 Å². The maximum atomic E-state index is 5.59. The van der Waals surface area contributed by atoms with E-state index in [-0.39, 0.29) is 6.04 Å². The summed E-state index contributed by atoms with van der Waals surface area (Å²) in [5, 5.41) is 3.84. The lowest BCUT2D eigenvalue weighted by Gasteiger charge is -2.14. The molecule has 0 spiro atoms. The number of hydrazine groups is 1. The van der Waals surface area contributed by atoms with Crippen molar-refractivity contribution >= 4 is 11.5 Å². The van der Waals surface area contributed by atoms with E-state index in [1.165, 1.54) is 17.1 Å². The molecule has 90 valence electrons. The second-order valence-electron chi connectivity index (χ2n) is 4.24. The molecule has 3 N–H and O–H groups in total. The molecule has 0 aliphatic rings. The van der Waals surface area contributed by atoms with Crippen LogP contribution in [0.25, 0.3) is 0 Å². The minimum Gasteiger partial charge on any atom is -0.271 e. The number of hydrogen-bond donors (Lipinski definition) is 2. The van der Waals surface area contributed by atoms with Crippen molar-refractivity contribution < 1.29 is 0 Å². The molecule has 17 heavy (non-hydrogen) atoms. The third kappa shape index (κ3) is 2.69. The second kappa shape index (κ2) is 5.35. The number of hydrogen-bond acceptors (Lipinski definition) is 5. The predicted molar refractivity (Wildman–Crippen MR) is 69.6 cm³/mol. The highest BCUT2D eigenvalue weighted by molar-refractivity contribution is 7.05. The van der Waals surface area contributed by atoms with Crippen LogP contribution in [0, 0.1) is 0 Å². The van der Waals surface area contributed by atoms with E-state index in [2.05, 4.69) is 53.1 Å². The minimum atomic E-state index is -0.0313. The fraction of sp³-hybridized carbons (Fsp3) is 0.333. The third-order valence-electron chi connectivity index (χ3n) is 2.77. The van der Waals surface area contributed by atoms with Gasteiger partial charge in [-0.1, -0.05) is 42.6 Å². The molecule has 2 aromatic rings. The summed E-state index contributed by atoms with van der Waals surface area (Å²) in [6.45, 7) is 4.36. The molecule has 1 unspecified atom stereocenters. The Hall–Kier alpha value is -1.30. The first-order chi connectivity index (χ1) is 8.22. The highest BCUT2D eigenvalue weighted by Crippen LogP contribution is 2.24. The van der Waals surface area contributed by atoms with Gasteiger partial charge in [0.05, 0.1) is 17.1 Å². The molecule has 0 aliphatic heterocycles. The van der Waals surface area contributed by atoms with Crippen LogP contribution in [0.15, 0.2) is 30.5 Å². The molecular weight excluding hydrogens is 232 g/mol. The van der Waals surface area contributed by atoms with Crippen molar-refractivity contribution in [2.45, 2.75) is 25.8 Å². The molecule has 0 bridgehead atoms. The zero-order valence-electron chi connectivity index (χ0n) is 9.92. The van der Waals surface area contributed by atoms with Gasteiger partial charge in [0, 0.05) is 0 Å². The van der Waals surface area contributed by atoms with Gasteiger partial charge in [0.25, 0.3) is 0 Å². The molecule has 0 aliphatic carbocycles. The number of benzene rings is 1. The van der Waals surface area contributed by atoms with Gasteiger partial charge in [-0.05, 0) is 28.6 Å². The van der Waals surface area contributed by atoms with Gasteiger partial charge in [-0.25, -0.2) is 5.43 Å². The quantitative estimate of drug-likeness (QED) is 0.643. The topological polar surface area (TPSA) is 63.8 Å².